The third-order valence-electron chi connectivity index (χ3n) is 4.66. The standard InChI is InChI=1S/C14H27N/c1-10(2)4-3-5-14(15)13-9-11-6-7-12(13)8-11/h10-14H,3-9,15H2,1-2H3. The zero-order valence-corrected chi connectivity index (χ0v) is 10.4. The van der Waals surface area contributed by atoms with E-state index in [1.807, 2.05) is 0 Å². The van der Waals surface area contributed by atoms with Gasteiger partial charge in [-0.15, -0.1) is 0 Å². The highest BCUT2D eigenvalue weighted by Gasteiger charge is 2.41. The zero-order valence-electron chi connectivity index (χ0n) is 10.4. The van der Waals surface area contributed by atoms with Gasteiger partial charge in [0.05, 0.1) is 0 Å². The molecule has 2 rings (SSSR count). The zero-order chi connectivity index (χ0) is 10.8. The van der Waals surface area contributed by atoms with Crippen LogP contribution in [0.3, 0.4) is 0 Å². The normalized spacial score (nSPS) is 36.4. The summed E-state index contributed by atoms with van der Waals surface area (Å²) in [4.78, 5) is 0. The predicted molar refractivity (Wildman–Crippen MR) is 65.6 cm³/mol. The molecule has 2 saturated carbocycles. The van der Waals surface area contributed by atoms with Crippen LogP contribution in [-0.2, 0) is 0 Å². The van der Waals surface area contributed by atoms with E-state index in [2.05, 4.69) is 13.8 Å². The molecule has 0 aromatic carbocycles. The van der Waals surface area contributed by atoms with Gasteiger partial charge in [0.15, 0.2) is 0 Å². The summed E-state index contributed by atoms with van der Waals surface area (Å²) >= 11 is 0. The van der Waals surface area contributed by atoms with Crippen LogP contribution in [0.15, 0.2) is 0 Å². The molecule has 0 amide bonds. The monoisotopic (exact) mass is 209 g/mol. The first kappa shape index (κ1) is 11.4. The van der Waals surface area contributed by atoms with Gasteiger partial charge in [0.25, 0.3) is 0 Å². The summed E-state index contributed by atoms with van der Waals surface area (Å²) in [5.41, 5.74) is 6.35. The van der Waals surface area contributed by atoms with Gasteiger partial charge in [-0.25, -0.2) is 0 Å². The Morgan fingerprint density at radius 2 is 1.93 bits per heavy atom. The average molecular weight is 209 g/mol. The van der Waals surface area contributed by atoms with Crippen molar-refractivity contribution in [3.8, 4) is 0 Å². The number of hydrogen-bond acceptors (Lipinski definition) is 1. The molecule has 0 aromatic rings. The second kappa shape index (κ2) is 4.86. The molecule has 88 valence electrons. The SMILES string of the molecule is CC(C)CCCC(N)C1CC2CCC1C2. The minimum absolute atomic E-state index is 0.513. The van der Waals surface area contributed by atoms with Gasteiger partial charge in [0.2, 0.25) is 0 Å². The van der Waals surface area contributed by atoms with E-state index >= 15 is 0 Å². The minimum atomic E-state index is 0.513. The van der Waals surface area contributed by atoms with Crippen LogP contribution < -0.4 is 5.73 Å². The molecule has 2 N–H and O–H groups in total. The summed E-state index contributed by atoms with van der Waals surface area (Å²) < 4.78 is 0. The van der Waals surface area contributed by atoms with Crippen LogP contribution in [0.25, 0.3) is 0 Å². The summed E-state index contributed by atoms with van der Waals surface area (Å²) in [6, 6.07) is 0.513. The lowest BCUT2D eigenvalue weighted by Crippen LogP contribution is -2.33. The summed E-state index contributed by atoms with van der Waals surface area (Å²) in [5, 5.41) is 0. The Labute approximate surface area is 94.8 Å². The second-order valence-electron chi connectivity index (χ2n) is 6.33. The Balaban J connectivity index is 1.70. The van der Waals surface area contributed by atoms with Crippen LogP contribution in [-0.4, -0.2) is 6.04 Å². The van der Waals surface area contributed by atoms with Crippen molar-refractivity contribution in [3.63, 3.8) is 0 Å². The van der Waals surface area contributed by atoms with E-state index in [-0.39, 0.29) is 0 Å². The Bertz CT molecular complexity index is 200. The van der Waals surface area contributed by atoms with Crippen molar-refractivity contribution in [1.82, 2.24) is 0 Å². The van der Waals surface area contributed by atoms with Crippen LogP contribution in [0, 0.1) is 23.7 Å². The Hall–Kier alpha value is -0.0400. The quantitative estimate of drug-likeness (QED) is 0.736. The van der Waals surface area contributed by atoms with Gasteiger partial charge in [-0.2, -0.15) is 0 Å². The van der Waals surface area contributed by atoms with Gasteiger partial charge in [0, 0.05) is 6.04 Å². The highest BCUT2D eigenvalue weighted by molar-refractivity contribution is 4.94. The van der Waals surface area contributed by atoms with Gasteiger partial charge in [0.1, 0.15) is 0 Å². The van der Waals surface area contributed by atoms with E-state index in [4.69, 9.17) is 5.73 Å². The third-order valence-corrected chi connectivity index (χ3v) is 4.66. The molecule has 15 heavy (non-hydrogen) atoms. The van der Waals surface area contributed by atoms with Crippen LogP contribution in [0.1, 0.15) is 58.8 Å². The maximum atomic E-state index is 6.35. The van der Waals surface area contributed by atoms with Crippen LogP contribution in [0.5, 0.6) is 0 Å². The molecule has 0 radical (unpaired) electrons. The van der Waals surface area contributed by atoms with Crippen molar-refractivity contribution in [2.75, 3.05) is 0 Å². The first-order valence-corrected chi connectivity index (χ1v) is 6.92. The van der Waals surface area contributed by atoms with Gasteiger partial charge >= 0.3 is 0 Å². The molecule has 2 aliphatic rings. The Morgan fingerprint density at radius 3 is 2.47 bits per heavy atom. The highest BCUT2D eigenvalue weighted by atomic mass is 14.7. The third kappa shape index (κ3) is 2.75. The number of hydrogen-bond donors (Lipinski definition) is 1. The van der Waals surface area contributed by atoms with E-state index in [1.165, 1.54) is 44.9 Å². The molecule has 1 heteroatoms. The summed E-state index contributed by atoms with van der Waals surface area (Å²) in [7, 11) is 0. The van der Waals surface area contributed by atoms with Crippen molar-refractivity contribution < 1.29 is 0 Å². The van der Waals surface area contributed by atoms with Crippen LogP contribution >= 0.6 is 0 Å². The molecule has 1 nitrogen and oxygen atoms in total. The second-order valence-corrected chi connectivity index (χ2v) is 6.33. The van der Waals surface area contributed by atoms with E-state index < -0.39 is 0 Å². The number of rotatable bonds is 5. The Kier molecular flexibility index (Phi) is 3.71. The van der Waals surface area contributed by atoms with E-state index in [1.54, 1.807) is 0 Å². The highest BCUT2D eigenvalue weighted by Crippen LogP contribution is 2.49. The molecule has 0 aliphatic heterocycles. The maximum absolute atomic E-state index is 6.35. The first-order valence-electron chi connectivity index (χ1n) is 6.92. The molecule has 0 heterocycles. The molecule has 4 atom stereocenters. The molecule has 2 aliphatic carbocycles. The molecular weight excluding hydrogens is 182 g/mol. The topological polar surface area (TPSA) is 26.0 Å². The largest absolute Gasteiger partial charge is 0.327 e. The maximum Gasteiger partial charge on any atom is 0.00699 e. The van der Waals surface area contributed by atoms with Crippen molar-refractivity contribution in [1.29, 1.82) is 0 Å². The van der Waals surface area contributed by atoms with Gasteiger partial charge < -0.3 is 5.73 Å². The summed E-state index contributed by atoms with van der Waals surface area (Å²) in [5.74, 6) is 3.79. The van der Waals surface area contributed by atoms with E-state index in [9.17, 15) is 0 Å². The van der Waals surface area contributed by atoms with Gasteiger partial charge in [-0.3, -0.25) is 0 Å². The number of fused-ring (bicyclic) bond motifs is 2. The lowest BCUT2D eigenvalue weighted by molar-refractivity contribution is 0.267. The van der Waals surface area contributed by atoms with Gasteiger partial charge in [-0.1, -0.05) is 33.1 Å². The fourth-order valence-electron chi connectivity index (χ4n) is 3.79. The molecule has 0 spiro atoms. The molecule has 2 fully saturated rings. The molecule has 4 unspecified atom stereocenters. The van der Waals surface area contributed by atoms with Crippen LogP contribution in [0.2, 0.25) is 0 Å². The summed E-state index contributed by atoms with van der Waals surface area (Å²) in [6.45, 7) is 4.62. The van der Waals surface area contributed by atoms with Crippen molar-refractivity contribution in [2.45, 2.75) is 64.8 Å². The van der Waals surface area contributed by atoms with Crippen LogP contribution in [0.4, 0.5) is 0 Å². The summed E-state index contributed by atoms with van der Waals surface area (Å²) in [6.07, 6.45) is 9.90. The first-order chi connectivity index (χ1) is 7.16. The fraction of sp³-hybridized carbons (Fsp3) is 1.00. The van der Waals surface area contributed by atoms with Crippen molar-refractivity contribution in [3.05, 3.63) is 0 Å². The average Bonchev–Trinajstić information content (AvgIpc) is 2.77. The van der Waals surface area contributed by atoms with E-state index in [0.717, 1.165) is 23.7 Å². The predicted octanol–water partition coefficient (Wildman–Crippen LogP) is 3.58. The fourth-order valence-corrected chi connectivity index (χ4v) is 3.79. The molecule has 0 saturated heterocycles. The Morgan fingerprint density at radius 1 is 1.13 bits per heavy atom. The van der Waals surface area contributed by atoms with E-state index in [0.29, 0.717) is 6.04 Å². The molecule has 0 aromatic heterocycles. The lowest BCUT2D eigenvalue weighted by atomic mass is 9.81. The molecular formula is C14H27N. The van der Waals surface area contributed by atoms with Gasteiger partial charge in [-0.05, 0) is 49.4 Å². The lowest BCUT2D eigenvalue weighted by Gasteiger charge is -2.27. The molecule has 2 bridgehead atoms. The minimum Gasteiger partial charge on any atom is -0.327 e. The van der Waals surface area contributed by atoms with Crippen molar-refractivity contribution in [2.24, 2.45) is 29.4 Å². The smallest absolute Gasteiger partial charge is 0.00699 e. The van der Waals surface area contributed by atoms with Crippen molar-refractivity contribution >= 4 is 0 Å². The number of nitrogens with two attached hydrogens (primary N) is 1.